The minimum atomic E-state index is -2.31. The molecule has 0 spiro atoms. The number of benzene rings is 4. The molecule has 0 unspecified atom stereocenters. The lowest BCUT2D eigenvalue weighted by Gasteiger charge is -2.09. The van der Waals surface area contributed by atoms with Crippen LogP contribution in [0.1, 0.15) is 132 Å². The van der Waals surface area contributed by atoms with Gasteiger partial charge in [-0.3, -0.25) is 4.79 Å². The minimum absolute atomic E-state index is 0.202. The monoisotopic (exact) mass is 810 g/mol. The van der Waals surface area contributed by atoms with Crippen molar-refractivity contribution in [2.24, 2.45) is 0 Å². The number of hydrogen-bond donors (Lipinski definition) is 0. The van der Waals surface area contributed by atoms with E-state index in [9.17, 15) is 31.5 Å². The van der Waals surface area contributed by atoms with Crippen molar-refractivity contribution in [1.82, 2.24) is 0 Å². The van der Waals surface area contributed by atoms with Crippen molar-refractivity contribution in [3.8, 4) is 28.4 Å². The van der Waals surface area contributed by atoms with Crippen molar-refractivity contribution in [2.75, 3.05) is 13.2 Å². The lowest BCUT2D eigenvalue weighted by molar-refractivity contribution is -0.135. The van der Waals surface area contributed by atoms with E-state index in [1.165, 1.54) is 44.9 Å². The number of esters is 2. The van der Waals surface area contributed by atoms with Crippen LogP contribution in [-0.2, 0) is 16.1 Å². The highest BCUT2D eigenvalue weighted by molar-refractivity contribution is 5.91. The summed E-state index contributed by atoms with van der Waals surface area (Å²) < 4.78 is 88.7. The first-order valence-electron chi connectivity index (χ1n) is 20.6. The molecular formula is C47H55F5O6. The molecule has 0 saturated carbocycles. The highest BCUT2D eigenvalue weighted by Gasteiger charge is 2.28. The van der Waals surface area contributed by atoms with Gasteiger partial charge in [-0.2, -0.15) is 8.78 Å². The lowest BCUT2D eigenvalue weighted by Crippen LogP contribution is -2.13. The summed E-state index contributed by atoms with van der Waals surface area (Å²) >= 11 is 0. The third-order valence-corrected chi connectivity index (χ3v) is 9.78. The molecule has 0 fully saturated rings. The zero-order valence-electron chi connectivity index (χ0n) is 33.4. The van der Waals surface area contributed by atoms with Crippen molar-refractivity contribution >= 4 is 11.9 Å². The van der Waals surface area contributed by atoms with E-state index in [2.05, 4.69) is 11.7 Å². The zero-order chi connectivity index (χ0) is 41.5. The average molecular weight is 811 g/mol. The van der Waals surface area contributed by atoms with E-state index in [4.69, 9.17) is 14.2 Å². The summed E-state index contributed by atoms with van der Waals surface area (Å²) in [6.07, 6.45) is 16.6. The Labute approximate surface area is 339 Å². The van der Waals surface area contributed by atoms with Gasteiger partial charge < -0.3 is 18.9 Å². The number of carbonyl (C=O) groups excluding carboxylic acids is 2. The maximum absolute atomic E-state index is 13.7. The van der Waals surface area contributed by atoms with Crippen molar-refractivity contribution in [3.05, 3.63) is 113 Å². The van der Waals surface area contributed by atoms with Crippen molar-refractivity contribution in [1.29, 1.82) is 0 Å². The number of unbranched alkanes of at least 4 members (excludes halogenated alkanes) is 14. The van der Waals surface area contributed by atoms with Crippen LogP contribution in [0.5, 0.6) is 17.2 Å². The van der Waals surface area contributed by atoms with Crippen LogP contribution in [-0.4, -0.2) is 25.2 Å². The Morgan fingerprint density at radius 3 is 1.52 bits per heavy atom. The first-order valence-corrected chi connectivity index (χ1v) is 20.6. The van der Waals surface area contributed by atoms with Crippen LogP contribution >= 0.6 is 0 Å². The highest BCUT2D eigenvalue weighted by atomic mass is 19.2. The summed E-state index contributed by atoms with van der Waals surface area (Å²) in [5, 5.41) is 0. The number of ether oxygens (including phenoxy) is 4. The summed E-state index contributed by atoms with van der Waals surface area (Å²) in [6.45, 7) is 4.01. The molecule has 314 valence electrons. The van der Waals surface area contributed by atoms with E-state index >= 15 is 0 Å². The summed E-state index contributed by atoms with van der Waals surface area (Å²) in [5.41, 5.74) is 3.46. The molecule has 0 aliphatic heterocycles. The molecule has 0 saturated heterocycles. The molecule has 6 nitrogen and oxygen atoms in total. The van der Waals surface area contributed by atoms with Gasteiger partial charge in [0.15, 0.2) is 0 Å². The maximum Gasteiger partial charge on any atom is 0.343 e. The van der Waals surface area contributed by atoms with Crippen LogP contribution in [0.2, 0.25) is 0 Å². The normalized spacial score (nSPS) is 11.1. The maximum atomic E-state index is 13.7. The van der Waals surface area contributed by atoms with Gasteiger partial charge in [-0.15, -0.1) is 0 Å². The third-order valence-electron chi connectivity index (χ3n) is 9.78. The van der Waals surface area contributed by atoms with Gasteiger partial charge >= 0.3 is 11.9 Å². The Morgan fingerprint density at radius 1 is 0.483 bits per heavy atom. The fraction of sp³-hybridized carbons (Fsp3) is 0.447. The largest absolute Gasteiger partial charge is 0.494 e. The van der Waals surface area contributed by atoms with Gasteiger partial charge in [0.25, 0.3) is 0 Å². The van der Waals surface area contributed by atoms with E-state index in [-0.39, 0.29) is 6.42 Å². The molecular weight excluding hydrogens is 756 g/mol. The molecule has 0 bridgehead atoms. The molecule has 0 atom stereocenters. The van der Waals surface area contributed by atoms with Crippen molar-refractivity contribution in [2.45, 2.75) is 123 Å². The molecule has 11 heteroatoms. The summed E-state index contributed by atoms with van der Waals surface area (Å²) in [7, 11) is 0. The number of hydrogen-bond acceptors (Lipinski definition) is 6. The van der Waals surface area contributed by atoms with Crippen LogP contribution in [0.25, 0.3) is 11.1 Å². The molecule has 0 heterocycles. The van der Waals surface area contributed by atoms with Gasteiger partial charge in [-0.25, -0.2) is 18.0 Å². The standard InChI is InChI=1S/C47H55F5O6/c1-2-3-4-5-6-11-14-17-32-56-38-29-25-36(26-30-38)35-21-23-37(24-22-35)47(54)57-39-27-19-34(20-28-39)33-55-31-16-13-10-8-7-9-12-15-18-40(53)58-46-44(51)42(49)41(48)43(50)45(46)52/h19-30H,2-18,31-33H2,1H3. The molecule has 0 aliphatic rings. The molecule has 4 aromatic carbocycles. The predicted octanol–water partition coefficient (Wildman–Crippen LogP) is 13.4. The molecule has 4 rings (SSSR count). The van der Waals surface area contributed by atoms with E-state index in [1.54, 1.807) is 24.3 Å². The predicted molar refractivity (Wildman–Crippen MR) is 214 cm³/mol. The van der Waals surface area contributed by atoms with Crippen LogP contribution in [0.15, 0.2) is 72.8 Å². The van der Waals surface area contributed by atoms with Crippen LogP contribution in [0.4, 0.5) is 22.0 Å². The Kier molecular flexibility index (Phi) is 20.2. The second-order valence-electron chi connectivity index (χ2n) is 14.5. The third kappa shape index (κ3) is 15.5. The molecule has 0 N–H and O–H groups in total. The van der Waals surface area contributed by atoms with Crippen LogP contribution in [0.3, 0.4) is 0 Å². The Balaban J connectivity index is 1.01. The molecule has 4 aromatic rings. The van der Waals surface area contributed by atoms with Gasteiger partial charge in [0.05, 0.1) is 18.8 Å². The fourth-order valence-corrected chi connectivity index (χ4v) is 6.35. The topological polar surface area (TPSA) is 71.1 Å². The van der Waals surface area contributed by atoms with Gasteiger partial charge in [-0.1, -0.05) is 127 Å². The van der Waals surface area contributed by atoms with E-state index < -0.39 is 46.8 Å². The second kappa shape index (κ2) is 25.6. The fourth-order valence-electron chi connectivity index (χ4n) is 6.35. The van der Waals surface area contributed by atoms with E-state index in [0.717, 1.165) is 74.0 Å². The first kappa shape index (κ1) is 45.9. The molecule has 58 heavy (non-hydrogen) atoms. The van der Waals surface area contributed by atoms with E-state index in [1.807, 2.05) is 48.5 Å². The Bertz CT molecular complexity index is 1800. The average Bonchev–Trinajstić information content (AvgIpc) is 3.24. The Morgan fingerprint density at radius 2 is 0.948 bits per heavy atom. The zero-order valence-corrected chi connectivity index (χ0v) is 33.4. The summed E-state index contributed by atoms with van der Waals surface area (Å²) in [4.78, 5) is 24.6. The van der Waals surface area contributed by atoms with Gasteiger partial charge in [0, 0.05) is 13.0 Å². The minimum Gasteiger partial charge on any atom is -0.494 e. The summed E-state index contributed by atoms with van der Waals surface area (Å²) in [6, 6.07) is 22.6. The van der Waals surface area contributed by atoms with Crippen LogP contribution in [0, 0.1) is 29.1 Å². The summed E-state index contributed by atoms with van der Waals surface area (Å²) in [5.74, 6) is -12.7. The SMILES string of the molecule is CCCCCCCCCCOc1ccc(-c2ccc(C(=O)Oc3ccc(COCCCCCCCCCCC(=O)Oc4c(F)c(F)c(F)c(F)c4F)cc3)cc2)cc1. The lowest BCUT2D eigenvalue weighted by atomic mass is 10.0. The number of halogens is 5. The molecule has 0 amide bonds. The first-order chi connectivity index (χ1) is 28.2. The number of rotatable bonds is 27. The molecule has 0 aromatic heterocycles. The van der Waals surface area contributed by atoms with Gasteiger partial charge in [-0.05, 0) is 72.4 Å². The smallest absolute Gasteiger partial charge is 0.343 e. The van der Waals surface area contributed by atoms with E-state index in [0.29, 0.717) is 37.4 Å². The van der Waals surface area contributed by atoms with Gasteiger partial charge in [0.2, 0.25) is 34.8 Å². The number of carbonyl (C=O) groups is 2. The Hall–Kier alpha value is -4.77. The van der Waals surface area contributed by atoms with Crippen molar-refractivity contribution < 1.29 is 50.5 Å². The second-order valence-corrected chi connectivity index (χ2v) is 14.5. The quantitative estimate of drug-likeness (QED) is 0.0149. The molecule has 0 aliphatic carbocycles. The highest BCUT2D eigenvalue weighted by Crippen LogP contribution is 2.30. The van der Waals surface area contributed by atoms with Gasteiger partial charge in [0.1, 0.15) is 11.5 Å². The molecule has 0 radical (unpaired) electrons. The van der Waals surface area contributed by atoms with Crippen molar-refractivity contribution in [3.63, 3.8) is 0 Å². The van der Waals surface area contributed by atoms with Crippen LogP contribution < -0.4 is 14.2 Å².